The van der Waals surface area contributed by atoms with Crippen LogP contribution in [0.2, 0.25) is 0 Å². The molecule has 0 saturated carbocycles. The number of halogens is 1. The van der Waals surface area contributed by atoms with Crippen LogP contribution in [0.3, 0.4) is 0 Å². The fourth-order valence-corrected chi connectivity index (χ4v) is 2.56. The van der Waals surface area contributed by atoms with Gasteiger partial charge in [0.05, 0.1) is 6.04 Å². The van der Waals surface area contributed by atoms with E-state index in [1.54, 1.807) is 12.1 Å². The Hall–Kier alpha value is -2.07. The number of aromatic hydroxyl groups is 1. The number of nitrogens with one attached hydrogen (secondary N) is 2. The molecule has 128 valence electrons. The molecule has 4 heteroatoms. The minimum Gasteiger partial charge on any atom is -0.508 e. The van der Waals surface area contributed by atoms with Crippen LogP contribution >= 0.6 is 15.9 Å². The van der Waals surface area contributed by atoms with Crippen LogP contribution in [-0.2, 0) is 0 Å². The van der Waals surface area contributed by atoms with Crippen molar-refractivity contribution in [2.75, 3.05) is 0 Å². The van der Waals surface area contributed by atoms with Gasteiger partial charge >= 0.3 is 0 Å². The summed E-state index contributed by atoms with van der Waals surface area (Å²) in [5, 5.41) is 21.6. The van der Waals surface area contributed by atoms with Crippen LogP contribution in [0.25, 0.3) is 0 Å². The maximum atomic E-state index is 10.1. The van der Waals surface area contributed by atoms with Gasteiger partial charge in [-0.15, -0.1) is 0 Å². The number of hydrogen-bond donors (Lipinski definition) is 3. The summed E-state index contributed by atoms with van der Waals surface area (Å²) in [7, 11) is 0. The van der Waals surface area contributed by atoms with Crippen molar-refractivity contribution in [1.82, 2.24) is 5.32 Å². The topological polar surface area (TPSA) is 56.1 Å². The van der Waals surface area contributed by atoms with Crippen molar-refractivity contribution in [3.63, 3.8) is 0 Å². The second-order valence-corrected chi connectivity index (χ2v) is 6.14. The molecule has 2 aromatic rings. The molecule has 1 unspecified atom stereocenters. The van der Waals surface area contributed by atoms with Gasteiger partial charge in [-0.3, -0.25) is 0 Å². The van der Waals surface area contributed by atoms with Gasteiger partial charge in [-0.25, -0.2) is 0 Å². The average molecular weight is 389 g/mol. The summed E-state index contributed by atoms with van der Waals surface area (Å²) in [6.07, 6.45) is 0.464. The van der Waals surface area contributed by atoms with Crippen molar-refractivity contribution in [1.29, 1.82) is 5.41 Å². The van der Waals surface area contributed by atoms with Gasteiger partial charge in [-0.05, 0) is 30.7 Å². The third-order valence-corrected chi connectivity index (χ3v) is 3.86. The normalized spacial score (nSPS) is 11.0. The number of rotatable bonds is 6. The van der Waals surface area contributed by atoms with Gasteiger partial charge in [-0.2, -0.15) is 0 Å². The molecule has 2 rings (SSSR count). The molecule has 0 aliphatic rings. The highest BCUT2D eigenvalue weighted by molar-refractivity contribution is 9.10. The molecular weight excluding hydrogens is 364 g/mol. The Bertz CT molecular complexity index is 680. The van der Waals surface area contributed by atoms with E-state index in [2.05, 4.69) is 27.8 Å². The van der Waals surface area contributed by atoms with E-state index in [9.17, 15) is 5.11 Å². The molecule has 0 amide bonds. The highest BCUT2D eigenvalue weighted by atomic mass is 79.9. The third kappa shape index (κ3) is 5.85. The molecule has 2 aromatic carbocycles. The van der Waals surface area contributed by atoms with Crippen molar-refractivity contribution in [2.45, 2.75) is 33.2 Å². The summed E-state index contributed by atoms with van der Waals surface area (Å²) in [6.45, 7) is 9.74. The molecule has 0 heterocycles. The fraction of sp³-hybridized carbons (Fsp3) is 0.250. The summed E-state index contributed by atoms with van der Waals surface area (Å²) in [4.78, 5) is 0. The number of phenolic OH excluding ortho intramolecular Hbond substituents is 1. The first kappa shape index (κ1) is 20.0. The summed E-state index contributed by atoms with van der Waals surface area (Å²) in [5.74, 6) is 0.227. The molecule has 0 bridgehead atoms. The van der Waals surface area contributed by atoms with Crippen LogP contribution in [0.4, 0.5) is 0 Å². The van der Waals surface area contributed by atoms with Crippen molar-refractivity contribution in [2.24, 2.45) is 0 Å². The van der Waals surface area contributed by atoms with Crippen LogP contribution in [0.5, 0.6) is 5.75 Å². The van der Waals surface area contributed by atoms with E-state index in [4.69, 9.17) is 5.41 Å². The lowest BCUT2D eigenvalue weighted by molar-refractivity contribution is 0.455. The summed E-state index contributed by atoms with van der Waals surface area (Å²) in [5.41, 5.74) is 2.95. The van der Waals surface area contributed by atoms with Gasteiger partial charge in [0.1, 0.15) is 5.75 Å². The first-order valence-corrected chi connectivity index (χ1v) is 8.80. The first-order chi connectivity index (χ1) is 11.5. The number of phenols is 1. The Morgan fingerprint density at radius 3 is 2.29 bits per heavy atom. The van der Waals surface area contributed by atoms with Gasteiger partial charge in [-0.1, -0.05) is 66.7 Å². The molecule has 0 fully saturated rings. The molecule has 0 spiro atoms. The number of allylic oxidation sites excluding steroid dienone is 1. The van der Waals surface area contributed by atoms with E-state index in [-0.39, 0.29) is 11.8 Å². The Morgan fingerprint density at radius 2 is 1.75 bits per heavy atom. The van der Waals surface area contributed by atoms with E-state index in [0.29, 0.717) is 12.1 Å². The molecule has 3 N–H and O–H groups in total. The van der Waals surface area contributed by atoms with E-state index < -0.39 is 0 Å². The predicted octanol–water partition coefficient (Wildman–Crippen LogP) is 5.80. The van der Waals surface area contributed by atoms with Gasteiger partial charge in [0, 0.05) is 27.9 Å². The first-order valence-electron chi connectivity index (χ1n) is 8.00. The largest absolute Gasteiger partial charge is 0.508 e. The van der Waals surface area contributed by atoms with Crippen LogP contribution in [0.1, 0.15) is 44.4 Å². The molecule has 0 radical (unpaired) electrons. The minimum atomic E-state index is -0.185. The second-order valence-electron chi connectivity index (χ2n) is 5.23. The van der Waals surface area contributed by atoms with Crippen molar-refractivity contribution in [3.05, 3.63) is 76.4 Å². The summed E-state index contributed by atoms with van der Waals surface area (Å²) < 4.78 is 0.987. The van der Waals surface area contributed by atoms with Gasteiger partial charge in [0.2, 0.25) is 0 Å². The molecule has 0 aliphatic heterocycles. The van der Waals surface area contributed by atoms with E-state index >= 15 is 0 Å². The third-order valence-electron chi connectivity index (χ3n) is 3.33. The Kier molecular flexibility index (Phi) is 8.27. The Balaban J connectivity index is 0.00000139. The fourth-order valence-electron chi connectivity index (χ4n) is 2.29. The maximum Gasteiger partial charge on any atom is 0.120 e. The Morgan fingerprint density at radius 1 is 1.17 bits per heavy atom. The minimum absolute atomic E-state index is 0.185. The van der Waals surface area contributed by atoms with E-state index in [1.165, 1.54) is 0 Å². The van der Waals surface area contributed by atoms with E-state index in [1.807, 2.05) is 57.2 Å². The van der Waals surface area contributed by atoms with Crippen LogP contribution in [0.15, 0.2) is 65.3 Å². The number of benzene rings is 2. The zero-order valence-electron chi connectivity index (χ0n) is 14.4. The lowest BCUT2D eigenvalue weighted by Crippen LogP contribution is -2.22. The highest BCUT2D eigenvalue weighted by Gasteiger charge is 2.17. The van der Waals surface area contributed by atoms with Crippen molar-refractivity contribution < 1.29 is 5.11 Å². The van der Waals surface area contributed by atoms with Crippen LogP contribution in [-0.4, -0.2) is 10.8 Å². The standard InChI is InChI=1S/C18H19BrN2O.C2H6/c1-12(2)21-17(15-5-3-4-6-18(15)22)11-16(20)13-7-9-14(19)10-8-13;1-2/h3-10,17,20-22H,1,11H2,2H3;1-2H3. The van der Waals surface area contributed by atoms with Crippen molar-refractivity contribution in [3.8, 4) is 5.75 Å². The monoisotopic (exact) mass is 388 g/mol. The molecular formula is C20H25BrN2O. The number of hydrogen-bond acceptors (Lipinski definition) is 3. The average Bonchev–Trinajstić information content (AvgIpc) is 2.56. The SMILES string of the molecule is C=C(C)NC(CC(=N)c1ccc(Br)cc1)c1ccccc1O.CC. The molecule has 0 aromatic heterocycles. The quantitative estimate of drug-likeness (QED) is 0.547. The van der Waals surface area contributed by atoms with Crippen LogP contribution < -0.4 is 5.32 Å². The van der Waals surface area contributed by atoms with Gasteiger partial charge < -0.3 is 15.8 Å². The molecule has 1 atom stereocenters. The van der Waals surface area contributed by atoms with Crippen molar-refractivity contribution >= 4 is 21.6 Å². The van der Waals surface area contributed by atoms with E-state index in [0.717, 1.165) is 21.3 Å². The Labute approximate surface area is 153 Å². The summed E-state index contributed by atoms with van der Waals surface area (Å²) >= 11 is 3.40. The molecule has 3 nitrogen and oxygen atoms in total. The second kappa shape index (κ2) is 9.93. The maximum absolute atomic E-state index is 10.1. The lowest BCUT2D eigenvalue weighted by atomic mass is 9.96. The van der Waals surface area contributed by atoms with Gasteiger partial charge in [0.25, 0.3) is 0 Å². The summed E-state index contributed by atoms with van der Waals surface area (Å²) in [6, 6.07) is 14.7. The molecule has 0 aliphatic carbocycles. The molecule has 24 heavy (non-hydrogen) atoms. The van der Waals surface area contributed by atoms with Gasteiger partial charge in [0.15, 0.2) is 0 Å². The highest BCUT2D eigenvalue weighted by Crippen LogP contribution is 2.28. The zero-order chi connectivity index (χ0) is 18.1. The van der Waals surface area contributed by atoms with Crippen LogP contribution in [0, 0.1) is 5.41 Å². The predicted molar refractivity (Wildman–Crippen MR) is 106 cm³/mol. The lowest BCUT2D eigenvalue weighted by Gasteiger charge is -2.21. The zero-order valence-corrected chi connectivity index (χ0v) is 16.0. The number of para-hydroxylation sites is 1. The smallest absolute Gasteiger partial charge is 0.120 e. The molecule has 0 saturated heterocycles.